The monoisotopic (exact) mass is 285 g/mol. The van der Waals surface area contributed by atoms with Crippen LogP contribution in [0, 0.1) is 0 Å². The fraction of sp³-hybridized carbons (Fsp3) is 0.385. The van der Waals surface area contributed by atoms with Gasteiger partial charge in [-0.2, -0.15) is 0 Å². The highest BCUT2D eigenvalue weighted by Gasteiger charge is 2.24. The van der Waals surface area contributed by atoms with E-state index in [1.807, 2.05) is 0 Å². The second kappa shape index (κ2) is 6.99. The lowest BCUT2D eigenvalue weighted by Crippen LogP contribution is -2.29. The van der Waals surface area contributed by atoms with Gasteiger partial charge < -0.3 is 15.2 Å². The van der Waals surface area contributed by atoms with E-state index in [0.717, 1.165) is 0 Å². The van der Waals surface area contributed by atoms with Crippen molar-refractivity contribution in [3.8, 4) is 0 Å². The summed E-state index contributed by atoms with van der Waals surface area (Å²) in [4.78, 5) is 23.5. The van der Waals surface area contributed by atoms with Crippen LogP contribution < -0.4 is 5.73 Å². The molecule has 0 radical (unpaired) electrons. The molecule has 0 aromatic heterocycles. The van der Waals surface area contributed by atoms with Crippen LogP contribution in [-0.2, 0) is 14.3 Å². The molecule has 1 aromatic rings. The minimum absolute atomic E-state index is 0.134. The first kappa shape index (κ1) is 15.3. The van der Waals surface area contributed by atoms with E-state index in [-0.39, 0.29) is 17.9 Å². The zero-order valence-corrected chi connectivity index (χ0v) is 11.6. The number of nitrogen functional groups attached to an aromatic ring is 1. The third-order valence-electron chi connectivity index (χ3n) is 2.40. The molecule has 1 atom stereocenters. The maximum Gasteiger partial charge on any atom is 0.347 e. The van der Waals surface area contributed by atoms with Crippen molar-refractivity contribution in [2.45, 2.75) is 26.4 Å². The summed E-state index contributed by atoms with van der Waals surface area (Å²) in [6.45, 7) is 3.63. The standard InChI is InChI=1S/C13H16ClNO4/c1-3-11(13(17)18-4-2)19-12(16)9-7-8(14)5-6-10(9)15/h5-7,11H,3-4,15H2,1-2H3. The second-order valence-electron chi connectivity index (χ2n) is 3.79. The highest BCUT2D eigenvalue weighted by Crippen LogP contribution is 2.19. The van der Waals surface area contributed by atoms with E-state index in [2.05, 4.69) is 0 Å². The maximum absolute atomic E-state index is 11.9. The summed E-state index contributed by atoms with van der Waals surface area (Å²) in [5.41, 5.74) is 6.04. The van der Waals surface area contributed by atoms with E-state index in [4.69, 9.17) is 26.8 Å². The summed E-state index contributed by atoms with van der Waals surface area (Å²) in [6.07, 6.45) is -0.615. The summed E-state index contributed by atoms with van der Waals surface area (Å²) < 4.78 is 9.90. The summed E-state index contributed by atoms with van der Waals surface area (Å²) in [7, 11) is 0. The van der Waals surface area contributed by atoms with Crippen LogP contribution in [0.2, 0.25) is 5.02 Å². The topological polar surface area (TPSA) is 78.6 Å². The van der Waals surface area contributed by atoms with Gasteiger partial charge in [0.05, 0.1) is 12.2 Å². The van der Waals surface area contributed by atoms with Crippen LogP contribution in [0.4, 0.5) is 5.69 Å². The van der Waals surface area contributed by atoms with Gasteiger partial charge in [0.1, 0.15) is 0 Å². The van der Waals surface area contributed by atoms with E-state index in [0.29, 0.717) is 11.4 Å². The summed E-state index contributed by atoms with van der Waals surface area (Å²) in [5.74, 6) is -1.26. The molecule has 0 aliphatic heterocycles. The number of halogens is 1. The molecule has 0 bridgehead atoms. The number of anilines is 1. The molecule has 0 fully saturated rings. The van der Waals surface area contributed by atoms with Gasteiger partial charge in [-0.25, -0.2) is 9.59 Å². The Hall–Kier alpha value is -1.75. The number of esters is 2. The van der Waals surface area contributed by atoms with Crippen LogP contribution in [0.15, 0.2) is 18.2 Å². The minimum Gasteiger partial charge on any atom is -0.463 e. The van der Waals surface area contributed by atoms with E-state index >= 15 is 0 Å². The average molecular weight is 286 g/mol. The predicted molar refractivity (Wildman–Crippen MR) is 72.0 cm³/mol. The first-order valence-corrected chi connectivity index (χ1v) is 6.30. The Kier molecular flexibility index (Phi) is 5.63. The fourth-order valence-corrected chi connectivity index (χ4v) is 1.60. The average Bonchev–Trinajstić information content (AvgIpc) is 2.38. The van der Waals surface area contributed by atoms with Crippen LogP contribution in [0.1, 0.15) is 30.6 Å². The van der Waals surface area contributed by atoms with Crippen molar-refractivity contribution in [2.75, 3.05) is 12.3 Å². The molecule has 0 aliphatic carbocycles. The van der Waals surface area contributed by atoms with Gasteiger partial charge in [-0.05, 0) is 31.5 Å². The lowest BCUT2D eigenvalue weighted by Gasteiger charge is -2.15. The van der Waals surface area contributed by atoms with E-state index in [1.165, 1.54) is 12.1 Å². The number of hydrogen-bond donors (Lipinski definition) is 1. The van der Waals surface area contributed by atoms with Crippen molar-refractivity contribution >= 4 is 29.2 Å². The van der Waals surface area contributed by atoms with Crippen LogP contribution in [0.3, 0.4) is 0 Å². The molecule has 1 unspecified atom stereocenters. The summed E-state index contributed by atoms with van der Waals surface area (Å²) >= 11 is 5.79. The first-order chi connectivity index (χ1) is 8.99. The number of rotatable bonds is 5. The normalized spacial score (nSPS) is 11.7. The Morgan fingerprint density at radius 1 is 1.37 bits per heavy atom. The van der Waals surface area contributed by atoms with Gasteiger partial charge >= 0.3 is 11.9 Å². The molecular weight excluding hydrogens is 270 g/mol. The van der Waals surface area contributed by atoms with Gasteiger partial charge in [-0.3, -0.25) is 0 Å². The van der Waals surface area contributed by atoms with Gasteiger partial charge in [-0.15, -0.1) is 0 Å². The lowest BCUT2D eigenvalue weighted by atomic mass is 10.2. The molecule has 1 aromatic carbocycles. The van der Waals surface area contributed by atoms with E-state index in [9.17, 15) is 9.59 Å². The Labute approximate surface area is 116 Å². The molecule has 2 N–H and O–H groups in total. The quantitative estimate of drug-likeness (QED) is 0.664. The molecule has 6 heteroatoms. The molecule has 5 nitrogen and oxygen atoms in total. The number of hydrogen-bond acceptors (Lipinski definition) is 5. The molecule has 19 heavy (non-hydrogen) atoms. The van der Waals surface area contributed by atoms with Gasteiger partial charge in [0.25, 0.3) is 0 Å². The smallest absolute Gasteiger partial charge is 0.347 e. The Morgan fingerprint density at radius 2 is 2.05 bits per heavy atom. The van der Waals surface area contributed by atoms with Gasteiger partial charge in [-0.1, -0.05) is 18.5 Å². The molecule has 0 saturated heterocycles. The zero-order valence-electron chi connectivity index (χ0n) is 10.8. The van der Waals surface area contributed by atoms with Crippen LogP contribution in [0.25, 0.3) is 0 Å². The third kappa shape index (κ3) is 4.13. The molecule has 0 aliphatic rings. The largest absolute Gasteiger partial charge is 0.463 e. The van der Waals surface area contributed by atoms with Crippen LogP contribution in [-0.4, -0.2) is 24.6 Å². The van der Waals surface area contributed by atoms with Gasteiger partial charge in [0, 0.05) is 10.7 Å². The third-order valence-corrected chi connectivity index (χ3v) is 2.64. The van der Waals surface area contributed by atoms with Gasteiger partial charge in [0.15, 0.2) is 6.10 Å². The predicted octanol–water partition coefficient (Wildman–Crippen LogP) is 2.42. The van der Waals surface area contributed by atoms with E-state index in [1.54, 1.807) is 19.9 Å². The van der Waals surface area contributed by atoms with Crippen molar-refractivity contribution in [3.63, 3.8) is 0 Å². The molecule has 104 valence electrons. The Bertz CT molecular complexity index is 476. The maximum atomic E-state index is 11.9. The SMILES string of the molecule is CCOC(=O)C(CC)OC(=O)c1cc(Cl)ccc1N. The van der Waals surface area contributed by atoms with E-state index < -0.39 is 18.0 Å². The second-order valence-corrected chi connectivity index (χ2v) is 4.22. The molecule has 0 amide bonds. The number of carbonyl (C=O) groups excluding carboxylic acids is 2. The minimum atomic E-state index is -0.939. The van der Waals surface area contributed by atoms with Crippen LogP contribution in [0.5, 0.6) is 0 Å². The van der Waals surface area contributed by atoms with Crippen molar-refractivity contribution in [1.29, 1.82) is 0 Å². The lowest BCUT2D eigenvalue weighted by molar-refractivity contribution is -0.153. The van der Waals surface area contributed by atoms with Crippen molar-refractivity contribution in [1.82, 2.24) is 0 Å². The summed E-state index contributed by atoms with van der Waals surface area (Å²) in [6, 6.07) is 4.47. The Balaban J connectivity index is 2.82. The zero-order chi connectivity index (χ0) is 14.4. The number of ether oxygens (including phenoxy) is 2. The van der Waals surface area contributed by atoms with Crippen LogP contribution >= 0.6 is 11.6 Å². The van der Waals surface area contributed by atoms with Crippen molar-refractivity contribution in [3.05, 3.63) is 28.8 Å². The molecule has 1 rings (SSSR count). The Morgan fingerprint density at radius 3 is 2.63 bits per heavy atom. The molecular formula is C13H16ClNO4. The molecule has 0 heterocycles. The number of nitrogens with two attached hydrogens (primary N) is 1. The number of benzene rings is 1. The molecule has 0 saturated carbocycles. The number of carbonyl (C=O) groups is 2. The highest BCUT2D eigenvalue weighted by atomic mass is 35.5. The van der Waals surface area contributed by atoms with Gasteiger partial charge in [0.2, 0.25) is 0 Å². The summed E-state index contributed by atoms with van der Waals surface area (Å²) in [5, 5.41) is 0.366. The first-order valence-electron chi connectivity index (χ1n) is 5.92. The fourth-order valence-electron chi connectivity index (χ4n) is 1.43. The highest BCUT2D eigenvalue weighted by molar-refractivity contribution is 6.31. The van der Waals surface area contributed by atoms with Crippen molar-refractivity contribution < 1.29 is 19.1 Å². The molecule has 0 spiro atoms. The van der Waals surface area contributed by atoms with Crippen molar-refractivity contribution in [2.24, 2.45) is 0 Å².